The Bertz CT molecular complexity index is 584. The van der Waals surface area contributed by atoms with Gasteiger partial charge in [-0.25, -0.2) is 0 Å². The fourth-order valence-corrected chi connectivity index (χ4v) is 2.19. The van der Waals surface area contributed by atoms with Gasteiger partial charge in [0.25, 0.3) is 5.91 Å². The molecule has 0 radical (unpaired) electrons. The van der Waals surface area contributed by atoms with E-state index >= 15 is 0 Å². The maximum atomic E-state index is 12.9. The smallest absolute Gasteiger partial charge is 0.307 e. The van der Waals surface area contributed by atoms with Crippen molar-refractivity contribution < 1.29 is 28.9 Å². The van der Waals surface area contributed by atoms with Crippen LogP contribution in [0.25, 0.3) is 0 Å². The summed E-state index contributed by atoms with van der Waals surface area (Å²) in [5.41, 5.74) is -0.461. The molecule has 0 fully saturated rings. The zero-order valence-corrected chi connectivity index (χ0v) is 14.8. The van der Waals surface area contributed by atoms with E-state index in [0.717, 1.165) is 0 Å². The Kier molecular flexibility index (Phi) is 7.03. The Morgan fingerprint density at radius 3 is 2.25 bits per heavy atom. The van der Waals surface area contributed by atoms with Crippen LogP contribution in [0.5, 0.6) is 11.5 Å². The molecule has 1 amide bonds. The van der Waals surface area contributed by atoms with Gasteiger partial charge in [0.15, 0.2) is 11.5 Å². The molecule has 1 rings (SSSR count). The van der Waals surface area contributed by atoms with Gasteiger partial charge in [0, 0.05) is 12.1 Å². The molecule has 0 atom stereocenters. The first-order valence-electron chi connectivity index (χ1n) is 7.52. The van der Waals surface area contributed by atoms with Crippen molar-refractivity contribution in [3.63, 3.8) is 0 Å². The number of hydrogen-bond acceptors (Lipinski definition) is 6. The quantitative estimate of drug-likeness (QED) is 0.722. The van der Waals surface area contributed by atoms with Gasteiger partial charge in [-0.15, -0.1) is 0 Å². The fourth-order valence-electron chi connectivity index (χ4n) is 2.19. The monoisotopic (exact) mass is 339 g/mol. The average molecular weight is 339 g/mol. The van der Waals surface area contributed by atoms with E-state index in [1.54, 1.807) is 32.0 Å². The van der Waals surface area contributed by atoms with Crippen LogP contribution in [0.1, 0.15) is 30.6 Å². The first-order valence-corrected chi connectivity index (χ1v) is 7.52. The predicted octanol–water partition coefficient (Wildman–Crippen LogP) is 1.48. The molecule has 7 nitrogen and oxygen atoms in total. The molecule has 1 N–H and O–H groups in total. The van der Waals surface area contributed by atoms with Gasteiger partial charge in [0.2, 0.25) is 0 Å². The first-order chi connectivity index (χ1) is 11.3. The molecular formula is C17H25NO6. The summed E-state index contributed by atoms with van der Waals surface area (Å²) in [6.45, 7) is 3.34. The van der Waals surface area contributed by atoms with Gasteiger partial charge in [-0.3, -0.25) is 9.59 Å². The van der Waals surface area contributed by atoms with E-state index in [1.807, 2.05) is 0 Å². The molecule has 0 aliphatic rings. The highest BCUT2D eigenvalue weighted by molar-refractivity contribution is 5.95. The number of benzene rings is 1. The number of aliphatic hydroxyl groups excluding tert-OH is 1. The molecule has 1 aromatic carbocycles. The molecule has 0 saturated carbocycles. The third-order valence-corrected chi connectivity index (χ3v) is 3.76. The van der Waals surface area contributed by atoms with Gasteiger partial charge >= 0.3 is 5.97 Å². The second-order valence-corrected chi connectivity index (χ2v) is 5.82. The van der Waals surface area contributed by atoms with E-state index in [2.05, 4.69) is 4.74 Å². The molecule has 7 heteroatoms. The summed E-state index contributed by atoms with van der Waals surface area (Å²) in [5.74, 6) is 0.197. The fraction of sp³-hybridized carbons (Fsp3) is 0.529. The van der Waals surface area contributed by atoms with Crippen LogP contribution >= 0.6 is 0 Å². The van der Waals surface area contributed by atoms with Crippen molar-refractivity contribution in [3.8, 4) is 11.5 Å². The molecule has 0 aromatic heterocycles. The van der Waals surface area contributed by atoms with Crippen molar-refractivity contribution in [2.45, 2.75) is 25.8 Å². The normalized spacial score (nSPS) is 10.9. The van der Waals surface area contributed by atoms with Gasteiger partial charge in [-0.1, -0.05) is 0 Å². The standard InChI is InChI=1S/C17H25NO6/c1-17(2,11-19)18(9-8-15(20)24-5)16(21)12-6-7-13(22-3)14(10-12)23-4/h6-7,10,19H,8-9,11H2,1-5H3. The van der Waals surface area contributed by atoms with Crippen LogP contribution in [-0.2, 0) is 9.53 Å². The van der Waals surface area contributed by atoms with E-state index in [4.69, 9.17) is 9.47 Å². The van der Waals surface area contributed by atoms with Gasteiger partial charge in [0.05, 0.1) is 39.9 Å². The molecule has 0 spiro atoms. The molecule has 0 heterocycles. The number of ether oxygens (including phenoxy) is 3. The van der Waals surface area contributed by atoms with Crippen LogP contribution in [0.2, 0.25) is 0 Å². The second kappa shape index (κ2) is 8.54. The molecule has 0 bridgehead atoms. The number of aliphatic hydroxyl groups is 1. The van der Waals surface area contributed by atoms with Crippen LogP contribution in [0.15, 0.2) is 18.2 Å². The van der Waals surface area contributed by atoms with Gasteiger partial charge in [0.1, 0.15) is 0 Å². The van der Waals surface area contributed by atoms with Crippen molar-refractivity contribution >= 4 is 11.9 Å². The molecule has 0 saturated heterocycles. The second-order valence-electron chi connectivity index (χ2n) is 5.82. The highest BCUT2D eigenvalue weighted by Gasteiger charge is 2.31. The summed E-state index contributed by atoms with van der Waals surface area (Å²) in [6, 6.07) is 4.82. The molecule has 0 unspecified atom stereocenters. The van der Waals surface area contributed by atoms with Crippen LogP contribution in [0.4, 0.5) is 0 Å². The number of hydrogen-bond donors (Lipinski definition) is 1. The minimum atomic E-state index is -0.835. The largest absolute Gasteiger partial charge is 0.493 e. The number of nitrogens with zero attached hydrogens (tertiary/aromatic N) is 1. The highest BCUT2D eigenvalue weighted by atomic mass is 16.5. The molecule has 134 valence electrons. The van der Waals surface area contributed by atoms with Gasteiger partial charge in [-0.2, -0.15) is 0 Å². The van der Waals surface area contributed by atoms with Crippen LogP contribution < -0.4 is 9.47 Å². The minimum absolute atomic E-state index is 0.0406. The van der Waals surface area contributed by atoms with E-state index in [1.165, 1.54) is 26.2 Å². The van der Waals surface area contributed by atoms with Crippen LogP contribution in [0, 0.1) is 0 Å². The summed E-state index contributed by atoms with van der Waals surface area (Å²) >= 11 is 0. The Labute approximate surface area is 142 Å². The van der Waals surface area contributed by atoms with E-state index in [9.17, 15) is 14.7 Å². The molecular weight excluding hydrogens is 314 g/mol. The Hall–Kier alpha value is -2.28. The lowest BCUT2D eigenvalue weighted by atomic mass is 10.0. The lowest BCUT2D eigenvalue weighted by molar-refractivity contribution is -0.141. The molecule has 1 aromatic rings. The third-order valence-electron chi connectivity index (χ3n) is 3.76. The molecule has 0 aliphatic carbocycles. The van der Waals surface area contributed by atoms with E-state index < -0.39 is 11.5 Å². The minimum Gasteiger partial charge on any atom is -0.493 e. The Morgan fingerprint density at radius 2 is 1.75 bits per heavy atom. The van der Waals surface area contributed by atoms with Crippen molar-refractivity contribution in [3.05, 3.63) is 23.8 Å². The maximum absolute atomic E-state index is 12.9. The summed E-state index contributed by atoms with van der Waals surface area (Å²) in [4.78, 5) is 25.8. The number of carbonyl (C=O) groups excluding carboxylic acids is 2. The third kappa shape index (κ3) is 4.61. The summed E-state index contributed by atoms with van der Waals surface area (Å²) in [6.07, 6.45) is 0.0406. The number of esters is 1. The Balaban J connectivity index is 3.13. The van der Waals surface area contributed by atoms with Crippen LogP contribution in [0.3, 0.4) is 0 Å². The average Bonchev–Trinajstić information content (AvgIpc) is 2.60. The maximum Gasteiger partial charge on any atom is 0.307 e. The molecule has 24 heavy (non-hydrogen) atoms. The van der Waals surface area contributed by atoms with Crippen molar-refractivity contribution in [1.29, 1.82) is 0 Å². The van der Waals surface area contributed by atoms with Gasteiger partial charge in [-0.05, 0) is 32.0 Å². The number of methoxy groups -OCH3 is 3. The number of rotatable bonds is 8. The van der Waals surface area contributed by atoms with Crippen molar-refractivity contribution in [1.82, 2.24) is 4.90 Å². The summed E-state index contributed by atoms with van der Waals surface area (Å²) in [7, 11) is 4.29. The van der Waals surface area contributed by atoms with E-state index in [-0.39, 0.29) is 25.5 Å². The van der Waals surface area contributed by atoms with E-state index in [0.29, 0.717) is 17.1 Å². The van der Waals surface area contributed by atoms with Crippen molar-refractivity contribution in [2.75, 3.05) is 34.5 Å². The van der Waals surface area contributed by atoms with Crippen molar-refractivity contribution in [2.24, 2.45) is 0 Å². The predicted molar refractivity (Wildman–Crippen MR) is 88.4 cm³/mol. The Morgan fingerprint density at radius 1 is 1.12 bits per heavy atom. The first kappa shape index (κ1) is 19.8. The zero-order valence-electron chi connectivity index (χ0n) is 14.8. The van der Waals surface area contributed by atoms with Crippen LogP contribution in [-0.4, -0.2) is 61.9 Å². The lowest BCUT2D eigenvalue weighted by Gasteiger charge is -2.37. The summed E-state index contributed by atoms with van der Waals surface area (Å²) < 4.78 is 15.0. The summed E-state index contributed by atoms with van der Waals surface area (Å²) in [5, 5.41) is 9.61. The SMILES string of the molecule is COC(=O)CCN(C(=O)c1ccc(OC)c(OC)c1)C(C)(C)CO. The topological polar surface area (TPSA) is 85.3 Å². The number of carbonyl (C=O) groups is 2. The lowest BCUT2D eigenvalue weighted by Crippen LogP contribution is -2.51. The number of amides is 1. The highest BCUT2D eigenvalue weighted by Crippen LogP contribution is 2.29. The van der Waals surface area contributed by atoms with Gasteiger partial charge < -0.3 is 24.2 Å². The molecule has 0 aliphatic heterocycles. The zero-order chi connectivity index (χ0) is 18.3.